The second-order valence-electron chi connectivity index (χ2n) is 8.56. The van der Waals surface area contributed by atoms with Gasteiger partial charge in [0, 0.05) is 46.8 Å². The molecule has 10 nitrogen and oxygen atoms in total. The zero-order valence-electron chi connectivity index (χ0n) is 20.9. The quantitative estimate of drug-likeness (QED) is 0.409. The molecule has 3 aromatic rings. The number of nitrogens with zero attached hydrogens (tertiary/aromatic N) is 6. The number of ether oxygens (including phenoxy) is 2. The van der Waals surface area contributed by atoms with Gasteiger partial charge in [0.15, 0.2) is 11.2 Å². The van der Waals surface area contributed by atoms with Crippen LogP contribution in [0.1, 0.15) is 19.8 Å². The Morgan fingerprint density at radius 3 is 2.34 bits per heavy atom. The number of unbranched alkanes of at least 4 members (excludes halogenated alkanes) is 1. The van der Waals surface area contributed by atoms with E-state index in [2.05, 4.69) is 20.9 Å². The highest BCUT2D eigenvalue weighted by molar-refractivity contribution is 5.85. The monoisotopic (exact) mass is 506 g/mol. The fourth-order valence-corrected chi connectivity index (χ4v) is 4.58. The summed E-state index contributed by atoms with van der Waals surface area (Å²) in [6, 6.07) is 8.55. The van der Waals surface area contributed by atoms with Gasteiger partial charge in [-0.25, -0.2) is 4.79 Å². The molecule has 0 radical (unpaired) electrons. The van der Waals surface area contributed by atoms with E-state index in [1.54, 1.807) is 14.2 Å². The number of para-hydroxylation sites is 2. The maximum atomic E-state index is 12.8. The van der Waals surface area contributed by atoms with Crippen LogP contribution in [0.4, 0.5) is 5.69 Å². The summed E-state index contributed by atoms with van der Waals surface area (Å²) in [5, 5.41) is 0. The zero-order valence-corrected chi connectivity index (χ0v) is 21.7. The topological polar surface area (TPSA) is 86.8 Å². The van der Waals surface area contributed by atoms with Gasteiger partial charge in [0.1, 0.15) is 5.75 Å². The predicted octanol–water partition coefficient (Wildman–Crippen LogP) is 1.87. The number of anilines is 1. The van der Waals surface area contributed by atoms with Crippen molar-refractivity contribution in [2.75, 3.05) is 51.3 Å². The third-order valence-electron chi connectivity index (χ3n) is 6.49. The van der Waals surface area contributed by atoms with Crippen LogP contribution >= 0.6 is 12.4 Å². The Morgan fingerprint density at radius 2 is 1.66 bits per heavy atom. The van der Waals surface area contributed by atoms with E-state index in [-0.39, 0.29) is 18.0 Å². The lowest BCUT2D eigenvalue weighted by atomic mass is 10.2. The molecule has 1 aliphatic heterocycles. The average Bonchev–Trinajstić information content (AvgIpc) is 3.23. The molecule has 0 amide bonds. The maximum absolute atomic E-state index is 12.8. The summed E-state index contributed by atoms with van der Waals surface area (Å²) in [5.41, 5.74) is 1.19. The van der Waals surface area contributed by atoms with Crippen molar-refractivity contribution in [1.82, 2.24) is 23.6 Å². The Kier molecular flexibility index (Phi) is 8.85. The molecule has 1 aromatic carbocycles. The lowest BCUT2D eigenvalue weighted by Gasteiger charge is -2.36. The van der Waals surface area contributed by atoms with Crippen molar-refractivity contribution in [3.8, 4) is 11.8 Å². The highest BCUT2D eigenvalue weighted by Gasteiger charge is 2.21. The molecule has 0 bridgehead atoms. The minimum atomic E-state index is -0.391. The Morgan fingerprint density at radius 1 is 0.971 bits per heavy atom. The van der Waals surface area contributed by atoms with Crippen LogP contribution in [0.15, 0.2) is 33.9 Å². The van der Waals surface area contributed by atoms with Crippen molar-refractivity contribution in [2.24, 2.45) is 14.1 Å². The number of rotatable bonds is 9. The first-order valence-corrected chi connectivity index (χ1v) is 11.9. The third-order valence-corrected chi connectivity index (χ3v) is 6.49. The Hall–Kier alpha value is -2.98. The summed E-state index contributed by atoms with van der Waals surface area (Å²) in [6.07, 6.45) is 1.87. The normalized spacial score (nSPS) is 14.2. The highest BCUT2D eigenvalue weighted by Crippen LogP contribution is 2.28. The van der Waals surface area contributed by atoms with Crippen molar-refractivity contribution in [1.29, 1.82) is 0 Å². The standard InChI is InChI=1S/C24H34N6O4.ClH/c1-5-34-23-25-21-20(22(31)27(3)24(32)26(21)2)30(23)13-9-8-12-28-14-16-29(17-15-28)18-10-6-7-11-19(18)33-4;/h6-7,10-11H,5,8-9,12-17H2,1-4H3;1H. The van der Waals surface area contributed by atoms with Gasteiger partial charge in [0.2, 0.25) is 0 Å². The molecule has 2 aromatic heterocycles. The van der Waals surface area contributed by atoms with Crippen molar-refractivity contribution < 1.29 is 9.47 Å². The third kappa shape index (κ3) is 5.33. The molecular weight excluding hydrogens is 472 g/mol. The van der Waals surface area contributed by atoms with Gasteiger partial charge in [-0.2, -0.15) is 4.98 Å². The van der Waals surface area contributed by atoms with Crippen LogP contribution in [0.25, 0.3) is 11.2 Å². The molecule has 11 heteroatoms. The molecule has 1 aliphatic rings. The molecule has 1 saturated heterocycles. The van der Waals surface area contributed by atoms with Crippen molar-refractivity contribution >= 4 is 29.3 Å². The molecule has 35 heavy (non-hydrogen) atoms. The average molecular weight is 507 g/mol. The van der Waals surface area contributed by atoms with E-state index in [1.165, 1.54) is 11.6 Å². The molecule has 0 unspecified atom stereocenters. The van der Waals surface area contributed by atoms with Gasteiger partial charge in [-0.1, -0.05) is 12.1 Å². The number of aryl methyl sites for hydroxylation is 2. The van der Waals surface area contributed by atoms with Crippen LogP contribution in [0, 0.1) is 0 Å². The molecule has 3 heterocycles. The number of halogens is 1. The van der Waals surface area contributed by atoms with Gasteiger partial charge in [0.25, 0.3) is 11.6 Å². The number of piperazine rings is 1. The first kappa shape index (κ1) is 26.6. The molecule has 4 rings (SSSR count). The highest BCUT2D eigenvalue weighted by atomic mass is 35.5. The number of hydrogen-bond donors (Lipinski definition) is 0. The predicted molar refractivity (Wildman–Crippen MR) is 140 cm³/mol. The smallest absolute Gasteiger partial charge is 0.332 e. The first-order chi connectivity index (χ1) is 16.5. The van der Waals surface area contributed by atoms with Gasteiger partial charge in [0.05, 0.1) is 19.4 Å². The van der Waals surface area contributed by atoms with E-state index in [0.717, 1.165) is 61.6 Å². The Labute approximate surface area is 211 Å². The van der Waals surface area contributed by atoms with E-state index < -0.39 is 5.69 Å². The molecule has 0 spiro atoms. The largest absolute Gasteiger partial charge is 0.495 e. The lowest BCUT2D eigenvalue weighted by molar-refractivity contribution is 0.249. The molecule has 0 saturated carbocycles. The van der Waals surface area contributed by atoms with Crippen LogP contribution in [0.2, 0.25) is 0 Å². The van der Waals surface area contributed by atoms with E-state index in [1.807, 2.05) is 29.7 Å². The summed E-state index contributed by atoms with van der Waals surface area (Å²) in [4.78, 5) is 34.4. The van der Waals surface area contributed by atoms with Crippen molar-refractivity contribution in [3.05, 3.63) is 45.1 Å². The van der Waals surface area contributed by atoms with Gasteiger partial charge < -0.3 is 14.4 Å². The summed E-state index contributed by atoms with van der Waals surface area (Å²) in [5.74, 6) is 0.914. The van der Waals surface area contributed by atoms with Crippen LogP contribution in [-0.2, 0) is 20.6 Å². The van der Waals surface area contributed by atoms with Gasteiger partial charge >= 0.3 is 5.69 Å². The lowest BCUT2D eigenvalue weighted by Crippen LogP contribution is -2.46. The van der Waals surface area contributed by atoms with E-state index in [9.17, 15) is 9.59 Å². The van der Waals surface area contributed by atoms with Crippen LogP contribution in [0.3, 0.4) is 0 Å². The second-order valence-corrected chi connectivity index (χ2v) is 8.56. The first-order valence-electron chi connectivity index (χ1n) is 11.9. The van der Waals surface area contributed by atoms with Gasteiger partial charge in [-0.3, -0.25) is 23.4 Å². The fraction of sp³-hybridized carbons (Fsp3) is 0.542. The molecule has 1 fully saturated rings. The van der Waals surface area contributed by atoms with Crippen molar-refractivity contribution in [3.63, 3.8) is 0 Å². The molecule has 192 valence electrons. The van der Waals surface area contributed by atoms with Crippen LogP contribution in [0.5, 0.6) is 11.8 Å². The molecular formula is C24H35ClN6O4. The maximum Gasteiger partial charge on any atom is 0.332 e. The second kappa shape index (κ2) is 11.6. The SMILES string of the molecule is CCOc1nc2c(c(=O)n(C)c(=O)n2C)n1CCCCN1CCN(c2ccccc2OC)CC1.Cl. The summed E-state index contributed by atoms with van der Waals surface area (Å²) < 4.78 is 15.5. The Balaban J connectivity index is 0.00000342. The zero-order chi connectivity index (χ0) is 24.2. The molecule has 0 aliphatic carbocycles. The molecule has 0 N–H and O–H groups in total. The summed E-state index contributed by atoms with van der Waals surface area (Å²) in [6.45, 7) is 7.85. The number of fused-ring (bicyclic) bond motifs is 1. The summed E-state index contributed by atoms with van der Waals surface area (Å²) >= 11 is 0. The van der Waals surface area contributed by atoms with Gasteiger partial charge in [-0.05, 0) is 38.4 Å². The van der Waals surface area contributed by atoms with E-state index >= 15 is 0 Å². The van der Waals surface area contributed by atoms with Crippen molar-refractivity contribution in [2.45, 2.75) is 26.3 Å². The number of hydrogen-bond acceptors (Lipinski definition) is 7. The van der Waals surface area contributed by atoms with E-state index in [4.69, 9.17) is 9.47 Å². The number of benzene rings is 1. The number of aromatic nitrogens is 4. The summed E-state index contributed by atoms with van der Waals surface area (Å²) in [7, 11) is 4.83. The van der Waals surface area contributed by atoms with E-state index in [0.29, 0.717) is 30.3 Å². The van der Waals surface area contributed by atoms with Crippen LogP contribution in [-0.4, -0.2) is 70.0 Å². The van der Waals surface area contributed by atoms with Gasteiger partial charge in [-0.15, -0.1) is 12.4 Å². The number of methoxy groups -OCH3 is 1. The fourth-order valence-electron chi connectivity index (χ4n) is 4.58. The molecule has 0 atom stereocenters. The number of imidazole rings is 1. The van der Waals surface area contributed by atoms with Crippen LogP contribution < -0.4 is 25.6 Å². The Bertz CT molecular complexity index is 1260. The minimum Gasteiger partial charge on any atom is -0.495 e. The minimum absolute atomic E-state index is 0.